The van der Waals surface area contributed by atoms with Crippen LogP contribution in [0.1, 0.15) is 11.5 Å². The summed E-state index contributed by atoms with van der Waals surface area (Å²) in [5.41, 5.74) is 6.30. The van der Waals surface area contributed by atoms with E-state index in [2.05, 4.69) is 9.97 Å². The van der Waals surface area contributed by atoms with E-state index in [4.69, 9.17) is 10.5 Å². The number of anilines is 1. The van der Waals surface area contributed by atoms with Crippen LogP contribution in [0.15, 0.2) is 6.07 Å². The van der Waals surface area contributed by atoms with Crippen LogP contribution in [0.5, 0.6) is 0 Å². The molecule has 11 heavy (non-hydrogen) atoms. The summed E-state index contributed by atoms with van der Waals surface area (Å²) in [7, 11) is 1.62. The summed E-state index contributed by atoms with van der Waals surface area (Å²) in [5, 5.41) is 0. The van der Waals surface area contributed by atoms with Crippen molar-refractivity contribution >= 4 is 5.82 Å². The topological polar surface area (TPSA) is 61.0 Å². The van der Waals surface area contributed by atoms with Crippen molar-refractivity contribution in [3.05, 3.63) is 17.6 Å². The van der Waals surface area contributed by atoms with Crippen LogP contribution in [0.3, 0.4) is 0 Å². The van der Waals surface area contributed by atoms with Crippen molar-refractivity contribution in [3.63, 3.8) is 0 Å². The van der Waals surface area contributed by atoms with E-state index in [0.717, 1.165) is 5.69 Å². The zero-order valence-corrected chi connectivity index (χ0v) is 6.66. The molecule has 0 aliphatic rings. The number of rotatable bonds is 2. The number of aromatic nitrogens is 2. The summed E-state index contributed by atoms with van der Waals surface area (Å²) < 4.78 is 4.89. The molecule has 0 aliphatic carbocycles. The van der Waals surface area contributed by atoms with Gasteiger partial charge in [0.25, 0.3) is 0 Å². The Labute approximate surface area is 65.4 Å². The van der Waals surface area contributed by atoms with Crippen molar-refractivity contribution in [2.24, 2.45) is 0 Å². The standard InChI is InChI=1S/C7H11N3O/c1-5-9-6(4-11-2)3-7(8)10-5/h3H,4H2,1-2H3,(H2,8,9,10). The second kappa shape index (κ2) is 3.30. The maximum atomic E-state index is 5.48. The molecule has 4 heteroatoms. The summed E-state index contributed by atoms with van der Waals surface area (Å²) in [6.07, 6.45) is 0. The Balaban J connectivity index is 2.89. The number of hydrogen-bond donors (Lipinski definition) is 1. The molecule has 0 bridgehead atoms. The van der Waals surface area contributed by atoms with Crippen LogP contribution in [0.2, 0.25) is 0 Å². The Bertz CT molecular complexity index is 229. The zero-order chi connectivity index (χ0) is 8.27. The second-order valence-corrected chi connectivity index (χ2v) is 2.26. The molecule has 4 nitrogen and oxygen atoms in total. The van der Waals surface area contributed by atoms with Gasteiger partial charge in [0.15, 0.2) is 0 Å². The maximum Gasteiger partial charge on any atom is 0.128 e. The molecule has 1 rings (SSSR count). The van der Waals surface area contributed by atoms with Crippen LogP contribution in [0, 0.1) is 6.92 Å². The molecular weight excluding hydrogens is 142 g/mol. The highest BCUT2D eigenvalue weighted by Crippen LogP contribution is 2.02. The van der Waals surface area contributed by atoms with Crippen molar-refractivity contribution in [2.75, 3.05) is 12.8 Å². The Hall–Kier alpha value is -1.16. The lowest BCUT2D eigenvalue weighted by Gasteiger charge is -2.00. The minimum Gasteiger partial charge on any atom is -0.384 e. The third kappa shape index (κ3) is 2.16. The van der Waals surface area contributed by atoms with Gasteiger partial charge in [0.05, 0.1) is 12.3 Å². The number of nitrogen functional groups attached to an aromatic ring is 1. The lowest BCUT2D eigenvalue weighted by Crippen LogP contribution is -2.00. The Morgan fingerprint density at radius 1 is 1.55 bits per heavy atom. The van der Waals surface area contributed by atoms with Crippen LogP contribution < -0.4 is 5.73 Å². The Kier molecular flexibility index (Phi) is 2.38. The van der Waals surface area contributed by atoms with Gasteiger partial charge in [0.1, 0.15) is 11.6 Å². The molecule has 0 fully saturated rings. The molecule has 1 aromatic heterocycles. The molecule has 0 aliphatic heterocycles. The highest BCUT2D eigenvalue weighted by molar-refractivity contribution is 5.29. The van der Waals surface area contributed by atoms with Crippen molar-refractivity contribution in [1.82, 2.24) is 9.97 Å². The van der Waals surface area contributed by atoms with Crippen molar-refractivity contribution in [2.45, 2.75) is 13.5 Å². The van der Waals surface area contributed by atoms with E-state index in [1.807, 2.05) is 0 Å². The first kappa shape index (κ1) is 7.94. The van der Waals surface area contributed by atoms with E-state index in [1.165, 1.54) is 0 Å². The van der Waals surface area contributed by atoms with Crippen molar-refractivity contribution < 1.29 is 4.74 Å². The molecular formula is C7H11N3O. The molecule has 1 aromatic rings. The maximum absolute atomic E-state index is 5.48. The monoisotopic (exact) mass is 153 g/mol. The first-order valence-electron chi connectivity index (χ1n) is 3.31. The summed E-state index contributed by atoms with van der Waals surface area (Å²) >= 11 is 0. The molecule has 0 amide bonds. The second-order valence-electron chi connectivity index (χ2n) is 2.26. The molecule has 1 heterocycles. The summed E-state index contributed by atoms with van der Waals surface area (Å²) in [6, 6.07) is 1.70. The fraction of sp³-hybridized carbons (Fsp3) is 0.429. The SMILES string of the molecule is COCc1cc(N)nc(C)n1. The predicted octanol–water partition coefficient (Wildman–Crippen LogP) is 0.514. The highest BCUT2D eigenvalue weighted by Gasteiger charge is 1.97. The van der Waals surface area contributed by atoms with Gasteiger partial charge in [-0.25, -0.2) is 9.97 Å². The highest BCUT2D eigenvalue weighted by atomic mass is 16.5. The van der Waals surface area contributed by atoms with Gasteiger partial charge >= 0.3 is 0 Å². The average Bonchev–Trinajstić information content (AvgIpc) is 1.85. The van der Waals surface area contributed by atoms with Gasteiger partial charge in [-0.05, 0) is 6.92 Å². The summed E-state index contributed by atoms with van der Waals surface area (Å²) in [6.45, 7) is 2.28. The largest absolute Gasteiger partial charge is 0.384 e. The molecule has 0 saturated carbocycles. The minimum atomic E-state index is 0.480. The van der Waals surface area contributed by atoms with Gasteiger partial charge in [-0.1, -0.05) is 0 Å². The van der Waals surface area contributed by atoms with Gasteiger partial charge < -0.3 is 10.5 Å². The van der Waals surface area contributed by atoms with E-state index in [1.54, 1.807) is 20.1 Å². The fourth-order valence-electron chi connectivity index (χ4n) is 0.877. The van der Waals surface area contributed by atoms with Gasteiger partial charge in [-0.15, -0.1) is 0 Å². The molecule has 0 atom stereocenters. The number of nitrogens with two attached hydrogens (primary N) is 1. The van der Waals surface area contributed by atoms with Crippen molar-refractivity contribution in [3.8, 4) is 0 Å². The number of hydrogen-bond acceptors (Lipinski definition) is 4. The van der Waals surface area contributed by atoms with Gasteiger partial charge in [-0.2, -0.15) is 0 Å². The van der Waals surface area contributed by atoms with Crippen LogP contribution in [0.25, 0.3) is 0 Å². The first-order chi connectivity index (χ1) is 5.22. The van der Waals surface area contributed by atoms with Crippen LogP contribution >= 0.6 is 0 Å². The third-order valence-corrected chi connectivity index (χ3v) is 1.20. The van der Waals surface area contributed by atoms with Crippen LogP contribution in [-0.4, -0.2) is 17.1 Å². The fourth-order valence-corrected chi connectivity index (χ4v) is 0.877. The average molecular weight is 153 g/mol. The molecule has 0 aromatic carbocycles. The molecule has 0 unspecified atom stereocenters. The van der Waals surface area contributed by atoms with E-state index >= 15 is 0 Å². The molecule has 2 N–H and O–H groups in total. The lowest BCUT2D eigenvalue weighted by molar-refractivity contribution is 0.181. The molecule has 0 saturated heterocycles. The van der Waals surface area contributed by atoms with Crippen LogP contribution in [0.4, 0.5) is 5.82 Å². The number of aryl methyl sites for hydroxylation is 1. The van der Waals surface area contributed by atoms with E-state index in [0.29, 0.717) is 18.2 Å². The Morgan fingerprint density at radius 2 is 2.27 bits per heavy atom. The lowest BCUT2D eigenvalue weighted by atomic mass is 10.4. The van der Waals surface area contributed by atoms with E-state index < -0.39 is 0 Å². The van der Waals surface area contributed by atoms with E-state index in [-0.39, 0.29) is 0 Å². The van der Waals surface area contributed by atoms with E-state index in [9.17, 15) is 0 Å². The molecule has 0 spiro atoms. The quantitative estimate of drug-likeness (QED) is 0.672. The normalized spacial score (nSPS) is 10.0. The van der Waals surface area contributed by atoms with Gasteiger partial charge in [-0.3, -0.25) is 0 Å². The number of nitrogens with zero attached hydrogens (tertiary/aromatic N) is 2. The van der Waals surface area contributed by atoms with Gasteiger partial charge in [0, 0.05) is 13.2 Å². The molecule has 60 valence electrons. The number of methoxy groups -OCH3 is 1. The zero-order valence-electron chi connectivity index (χ0n) is 6.66. The first-order valence-corrected chi connectivity index (χ1v) is 3.31. The molecule has 0 radical (unpaired) electrons. The summed E-state index contributed by atoms with van der Waals surface area (Å²) in [5.74, 6) is 1.17. The smallest absolute Gasteiger partial charge is 0.128 e. The third-order valence-electron chi connectivity index (χ3n) is 1.20. The van der Waals surface area contributed by atoms with Gasteiger partial charge in [0.2, 0.25) is 0 Å². The number of ether oxygens (including phenoxy) is 1. The van der Waals surface area contributed by atoms with Crippen molar-refractivity contribution in [1.29, 1.82) is 0 Å². The predicted molar refractivity (Wildman–Crippen MR) is 41.9 cm³/mol. The Morgan fingerprint density at radius 3 is 2.82 bits per heavy atom. The minimum absolute atomic E-state index is 0.480. The van der Waals surface area contributed by atoms with Crippen LogP contribution in [-0.2, 0) is 11.3 Å². The summed E-state index contributed by atoms with van der Waals surface area (Å²) in [4.78, 5) is 8.04.